The van der Waals surface area contributed by atoms with Gasteiger partial charge in [-0.1, -0.05) is 54.1 Å². The van der Waals surface area contributed by atoms with Crippen molar-refractivity contribution in [1.82, 2.24) is 9.99 Å². The van der Waals surface area contributed by atoms with E-state index in [1.165, 1.54) is 20.0 Å². The summed E-state index contributed by atoms with van der Waals surface area (Å²) < 4.78 is 3.52. The van der Waals surface area contributed by atoms with Gasteiger partial charge < -0.3 is 9.99 Å². The molecule has 0 aliphatic carbocycles. The molecule has 4 aromatic rings. The first-order valence-corrected chi connectivity index (χ1v) is 10.5. The second kappa shape index (κ2) is 8.80. The summed E-state index contributed by atoms with van der Waals surface area (Å²) in [7, 11) is 0. The van der Waals surface area contributed by atoms with Crippen molar-refractivity contribution in [3.8, 4) is 0 Å². The molecule has 140 valence electrons. The third-order valence-corrected chi connectivity index (χ3v) is 5.55. The summed E-state index contributed by atoms with van der Waals surface area (Å²) in [5.74, 6) is 0. The Hall–Kier alpha value is -2.31. The van der Waals surface area contributed by atoms with E-state index in [9.17, 15) is 0 Å². The number of hydrogen-bond acceptors (Lipinski definition) is 2. The van der Waals surface area contributed by atoms with Crippen molar-refractivity contribution in [2.45, 2.75) is 13.1 Å². The smallest absolute Gasteiger partial charge is 0.0580 e. The number of hydrogen-bond donors (Lipinski definition) is 1. The molecule has 0 spiro atoms. The molecule has 0 saturated heterocycles. The molecule has 4 rings (SSSR count). The minimum absolute atomic E-state index is 0.662. The van der Waals surface area contributed by atoms with Crippen LogP contribution < -0.4 is 5.43 Å². The second-order valence-corrected chi connectivity index (χ2v) is 8.26. The standard InChI is InChI=1S/C23H19ClIN3/c24-20-9-5-17(6-10-20)13-26-27-14-19-16-28(23-4-2-1-3-22(19)23)15-18-7-11-21(25)12-8-18/h1-12,14,16,26H,13,15H2/b27-14-. The van der Waals surface area contributed by atoms with Crippen molar-refractivity contribution < 1.29 is 0 Å². The van der Waals surface area contributed by atoms with Gasteiger partial charge in [-0.15, -0.1) is 0 Å². The van der Waals surface area contributed by atoms with Crippen molar-refractivity contribution in [1.29, 1.82) is 0 Å². The lowest BCUT2D eigenvalue weighted by Gasteiger charge is -2.05. The molecule has 28 heavy (non-hydrogen) atoms. The topological polar surface area (TPSA) is 29.3 Å². The fourth-order valence-corrected chi connectivity index (χ4v) is 3.64. The lowest BCUT2D eigenvalue weighted by Crippen LogP contribution is -2.05. The molecule has 3 nitrogen and oxygen atoms in total. The van der Waals surface area contributed by atoms with Gasteiger partial charge in [0.1, 0.15) is 0 Å². The molecule has 0 atom stereocenters. The maximum atomic E-state index is 5.92. The summed E-state index contributed by atoms with van der Waals surface area (Å²) in [6, 6.07) is 24.9. The Morgan fingerprint density at radius 3 is 2.43 bits per heavy atom. The molecule has 0 saturated carbocycles. The van der Waals surface area contributed by atoms with Gasteiger partial charge in [0.2, 0.25) is 0 Å². The first kappa shape index (κ1) is 19.0. The van der Waals surface area contributed by atoms with Gasteiger partial charge >= 0.3 is 0 Å². The van der Waals surface area contributed by atoms with Gasteiger partial charge in [0.25, 0.3) is 0 Å². The summed E-state index contributed by atoms with van der Waals surface area (Å²) in [4.78, 5) is 0. The SMILES string of the molecule is Clc1ccc(CN/N=C\c2cn(Cc3ccc(I)cc3)c3ccccc23)cc1. The molecule has 0 fully saturated rings. The summed E-state index contributed by atoms with van der Waals surface area (Å²) in [5.41, 5.74) is 7.85. The number of benzene rings is 3. The maximum absolute atomic E-state index is 5.92. The molecule has 0 amide bonds. The normalized spacial score (nSPS) is 11.4. The van der Waals surface area contributed by atoms with E-state index in [0.29, 0.717) is 6.54 Å². The van der Waals surface area contributed by atoms with Gasteiger partial charge in [0, 0.05) is 37.8 Å². The van der Waals surface area contributed by atoms with Crippen LogP contribution in [0, 0.1) is 3.57 Å². The van der Waals surface area contributed by atoms with E-state index in [4.69, 9.17) is 11.6 Å². The third kappa shape index (κ3) is 4.56. The lowest BCUT2D eigenvalue weighted by molar-refractivity contribution is 0.748. The van der Waals surface area contributed by atoms with Crippen molar-refractivity contribution in [3.63, 3.8) is 0 Å². The first-order chi connectivity index (χ1) is 13.7. The Bertz CT molecular complexity index is 1100. The number of nitrogens with one attached hydrogen (secondary N) is 1. The zero-order valence-corrected chi connectivity index (χ0v) is 18.1. The molecule has 0 unspecified atom stereocenters. The van der Waals surface area contributed by atoms with Crippen molar-refractivity contribution in [3.05, 3.63) is 104 Å². The molecule has 5 heteroatoms. The number of rotatable bonds is 6. The molecule has 0 radical (unpaired) electrons. The number of para-hydroxylation sites is 1. The van der Waals surface area contributed by atoms with Crippen LogP contribution in [0.5, 0.6) is 0 Å². The molecule has 1 heterocycles. The average Bonchev–Trinajstić information content (AvgIpc) is 3.06. The van der Waals surface area contributed by atoms with E-state index in [2.05, 4.69) is 92.4 Å². The summed E-state index contributed by atoms with van der Waals surface area (Å²) >= 11 is 8.26. The Labute approximate surface area is 183 Å². The molecular formula is C23H19ClIN3. The van der Waals surface area contributed by atoms with Gasteiger partial charge in [-0.05, 0) is 64.0 Å². The number of nitrogens with zero attached hydrogens (tertiary/aromatic N) is 2. The van der Waals surface area contributed by atoms with Gasteiger partial charge in [-0.25, -0.2) is 0 Å². The van der Waals surface area contributed by atoms with Gasteiger partial charge in [-0.3, -0.25) is 0 Å². The van der Waals surface area contributed by atoms with Gasteiger partial charge in [0.05, 0.1) is 12.8 Å². The highest BCUT2D eigenvalue weighted by atomic mass is 127. The number of halogens is 2. The molecule has 1 N–H and O–H groups in total. The highest BCUT2D eigenvalue weighted by Crippen LogP contribution is 2.21. The van der Waals surface area contributed by atoms with E-state index in [1.807, 2.05) is 30.5 Å². The summed E-state index contributed by atoms with van der Waals surface area (Å²) in [6.07, 6.45) is 4.05. The highest BCUT2D eigenvalue weighted by molar-refractivity contribution is 14.1. The molecule has 0 aliphatic heterocycles. The quantitative estimate of drug-likeness (QED) is 0.195. The van der Waals surface area contributed by atoms with Gasteiger partial charge in [-0.2, -0.15) is 5.10 Å². The molecule has 3 aromatic carbocycles. The third-order valence-electron chi connectivity index (χ3n) is 4.58. The molecule has 0 bridgehead atoms. The summed E-state index contributed by atoms with van der Waals surface area (Å²) in [5, 5.41) is 6.36. The number of hydrazone groups is 1. The fraction of sp³-hybridized carbons (Fsp3) is 0.0870. The number of aromatic nitrogens is 1. The zero-order chi connectivity index (χ0) is 19.3. The molecule has 0 aliphatic rings. The largest absolute Gasteiger partial charge is 0.342 e. The Morgan fingerprint density at radius 1 is 0.929 bits per heavy atom. The zero-order valence-electron chi connectivity index (χ0n) is 15.1. The average molecular weight is 500 g/mol. The minimum Gasteiger partial charge on any atom is -0.342 e. The first-order valence-electron chi connectivity index (χ1n) is 9.02. The predicted molar refractivity (Wildman–Crippen MR) is 126 cm³/mol. The van der Waals surface area contributed by atoms with E-state index in [0.717, 1.165) is 22.7 Å². The predicted octanol–water partition coefficient (Wildman–Crippen LogP) is 6.07. The van der Waals surface area contributed by atoms with E-state index in [-0.39, 0.29) is 0 Å². The maximum Gasteiger partial charge on any atom is 0.0580 e. The van der Waals surface area contributed by atoms with Crippen molar-refractivity contribution in [2.24, 2.45) is 5.10 Å². The van der Waals surface area contributed by atoms with Crippen LogP contribution in [0.3, 0.4) is 0 Å². The van der Waals surface area contributed by atoms with Gasteiger partial charge in [0.15, 0.2) is 0 Å². The lowest BCUT2D eigenvalue weighted by atomic mass is 10.2. The molecular weight excluding hydrogens is 481 g/mol. The highest BCUT2D eigenvalue weighted by Gasteiger charge is 2.07. The molecule has 1 aromatic heterocycles. The second-order valence-electron chi connectivity index (χ2n) is 6.58. The van der Waals surface area contributed by atoms with Crippen LogP contribution >= 0.6 is 34.2 Å². The monoisotopic (exact) mass is 499 g/mol. The van der Waals surface area contributed by atoms with Crippen molar-refractivity contribution >= 4 is 51.3 Å². The summed E-state index contributed by atoms with van der Waals surface area (Å²) in [6.45, 7) is 1.50. The minimum atomic E-state index is 0.662. The van der Waals surface area contributed by atoms with Crippen LogP contribution in [0.15, 0.2) is 84.1 Å². The number of fused-ring (bicyclic) bond motifs is 1. The fourth-order valence-electron chi connectivity index (χ4n) is 3.15. The van der Waals surface area contributed by atoms with Crippen molar-refractivity contribution in [2.75, 3.05) is 0 Å². The van der Waals surface area contributed by atoms with Crippen LogP contribution in [-0.4, -0.2) is 10.8 Å². The van der Waals surface area contributed by atoms with Crippen LogP contribution in [0.25, 0.3) is 10.9 Å². The Kier molecular flexibility index (Phi) is 5.98. The van der Waals surface area contributed by atoms with Crippen LogP contribution in [0.4, 0.5) is 0 Å². The van der Waals surface area contributed by atoms with Crippen LogP contribution in [0.1, 0.15) is 16.7 Å². The Morgan fingerprint density at radius 2 is 1.64 bits per heavy atom. The van der Waals surface area contributed by atoms with E-state index >= 15 is 0 Å². The van der Waals surface area contributed by atoms with Crippen LogP contribution in [-0.2, 0) is 13.1 Å². The Balaban J connectivity index is 1.52. The van der Waals surface area contributed by atoms with E-state index in [1.54, 1.807) is 0 Å². The van der Waals surface area contributed by atoms with E-state index < -0.39 is 0 Å². The van der Waals surface area contributed by atoms with Crippen LogP contribution in [0.2, 0.25) is 5.02 Å².